The summed E-state index contributed by atoms with van der Waals surface area (Å²) in [6.45, 7) is 6.62. The van der Waals surface area contributed by atoms with E-state index in [1.54, 1.807) is 4.57 Å². The molecular weight excluding hydrogens is 392 g/mol. The number of rotatable bonds is 7. The summed E-state index contributed by atoms with van der Waals surface area (Å²) in [4.78, 5) is 14.9. The molecular formula is C24H34N4O3. The average Bonchev–Trinajstić information content (AvgIpc) is 3.36. The van der Waals surface area contributed by atoms with E-state index in [9.17, 15) is 9.90 Å². The number of hydrogen-bond donors (Lipinski definition) is 1. The number of piperidine rings is 1. The van der Waals surface area contributed by atoms with Crippen molar-refractivity contribution in [3.05, 3.63) is 51.2 Å². The number of aliphatic hydroxyl groups excluding tert-OH is 1. The Hall–Kier alpha value is -1.96. The van der Waals surface area contributed by atoms with Crippen molar-refractivity contribution in [1.82, 2.24) is 19.2 Å². The highest BCUT2D eigenvalue weighted by Crippen LogP contribution is 2.37. The SMILES string of the molecule is Cc1cccc(C)c1COC1CC2CCC(C1)N2CC(O)Cn1nc2n(c1=O)CCC2. The number of aromatic nitrogens is 3. The Bertz CT molecular complexity index is 963. The molecule has 0 saturated carbocycles. The van der Waals surface area contributed by atoms with E-state index >= 15 is 0 Å². The predicted octanol–water partition coefficient (Wildman–Crippen LogP) is 2.18. The number of benzene rings is 1. The molecule has 0 amide bonds. The Morgan fingerprint density at radius 1 is 1.16 bits per heavy atom. The zero-order valence-electron chi connectivity index (χ0n) is 18.7. The van der Waals surface area contributed by atoms with Crippen molar-refractivity contribution in [2.75, 3.05) is 6.54 Å². The molecule has 2 saturated heterocycles. The van der Waals surface area contributed by atoms with Crippen LogP contribution in [0.2, 0.25) is 0 Å². The smallest absolute Gasteiger partial charge is 0.346 e. The maximum atomic E-state index is 12.4. The Labute approximate surface area is 183 Å². The van der Waals surface area contributed by atoms with Crippen LogP contribution in [0.25, 0.3) is 0 Å². The van der Waals surface area contributed by atoms with Crippen LogP contribution in [0.15, 0.2) is 23.0 Å². The van der Waals surface area contributed by atoms with Gasteiger partial charge in [0, 0.05) is 31.6 Å². The van der Waals surface area contributed by atoms with Crippen molar-refractivity contribution < 1.29 is 9.84 Å². The Morgan fingerprint density at radius 3 is 2.55 bits per heavy atom. The molecule has 4 heterocycles. The Balaban J connectivity index is 1.16. The van der Waals surface area contributed by atoms with E-state index in [1.165, 1.54) is 34.2 Å². The second-order valence-electron chi connectivity index (χ2n) is 9.65. The van der Waals surface area contributed by atoms with Crippen LogP contribution in [-0.4, -0.2) is 55.2 Å². The molecule has 1 aromatic heterocycles. The lowest BCUT2D eigenvalue weighted by atomic mass is 9.98. The largest absolute Gasteiger partial charge is 0.390 e. The lowest BCUT2D eigenvalue weighted by Gasteiger charge is -2.39. The van der Waals surface area contributed by atoms with Crippen LogP contribution < -0.4 is 5.69 Å². The summed E-state index contributed by atoms with van der Waals surface area (Å²) in [6, 6.07) is 7.32. The third kappa shape index (κ3) is 4.11. The summed E-state index contributed by atoms with van der Waals surface area (Å²) < 4.78 is 9.57. The van der Waals surface area contributed by atoms with E-state index in [1.807, 2.05) is 0 Å². The summed E-state index contributed by atoms with van der Waals surface area (Å²) in [5.74, 6) is 0.860. The van der Waals surface area contributed by atoms with Gasteiger partial charge in [-0.2, -0.15) is 5.10 Å². The first-order valence-electron chi connectivity index (χ1n) is 11.8. The van der Waals surface area contributed by atoms with E-state index < -0.39 is 6.10 Å². The van der Waals surface area contributed by atoms with Crippen molar-refractivity contribution in [1.29, 1.82) is 0 Å². The highest BCUT2D eigenvalue weighted by molar-refractivity contribution is 5.32. The summed E-state index contributed by atoms with van der Waals surface area (Å²) in [6.07, 6.45) is 5.92. The molecule has 3 aliphatic heterocycles. The van der Waals surface area contributed by atoms with Gasteiger partial charge in [-0.05, 0) is 62.6 Å². The number of hydrogen-bond acceptors (Lipinski definition) is 5. The van der Waals surface area contributed by atoms with E-state index in [0.717, 1.165) is 38.1 Å². The molecule has 3 unspecified atom stereocenters. The summed E-state index contributed by atoms with van der Waals surface area (Å²) in [7, 11) is 0. The number of aryl methyl sites for hydroxylation is 3. The van der Waals surface area contributed by atoms with E-state index in [0.29, 0.717) is 25.2 Å². The van der Waals surface area contributed by atoms with Gasteiger partial charge < -0.3 is 9.84 Å². The Kier molecular flexibility index (Phi) is 5.75. The molecule has 3 atom stereocenters. The molecule has 5 rings (SSSR count). The van der Waals surface area contributed by atoms with Gasteiger partial charge in [0.15, 0.2) is 0 Å². The molecule has 7 nitrogen and oxygen atoms in total. The van der Waals surface area contributed by atoms with Crippen LogP contribution in [0.1, 0.15) is 54.6 Å². The highest BCUT2D eigenvalue weighted by atomic mass is 16.5. The highest BCUT2D eigenvalue weighted by Gasteiger charge is 2.41. The average molecular weight is 427 g/mol. The minimum Gasteiger partial charge on any atom is -0.390 e. The second-order valence-corrected chi connectivity index (χ2v) is 9.65. The molecule has 2 aromatic rings. The molecule has 1 N–H and O–H groups in total. The monoisotopic (exact) mass is 426 g/mol. The normalized spacial score (nSPS) is 26.4. The number of fused-ring (bicyclic) bond motifs is 3. The lowest BCUT2D eigenvalue weighted by molar-refractivity contribution is -0.0405. The molecule has 2 fully saturated rings. The van der Waals surface area contributed by atoms with Gasteiger partial charge in [0.25, 0.3) is 0 Å². The van der Waals surface area contributed by atoms with Gasteiger partial charge in [0.1, 0.15) is 5.82 Å². The van der Waals surface area contributed by atoms with Crippen LogP contribution in [-0.2, 0) is 30.9 Å². The minimum absolute atomic E-state index is 0.0758. The first-order valence-corrected chi connectivity index (χ1v) is 11.8. The summed E-state index contributed by atoms with van der Waals surface area (Å²) in [5, 5.41) is 15.2. The van der Waals surface area contributed by atoms with Crippen molar-refractivity contribution in [3.8, 4) is 0 Å². The maximum Gasteiger partial charge on any atom is 0.346 e. The van der Waals surface area contributed by atoms with Gasteiger partial charge in [-0.15, -0.1) is 0 Å². The zero-order chi connectivity index (χ0) is 21.5. The summed E-state index contributed by atoms with van der Waals surface area (Å²) >= 11 is 0. The molecule has 7 heteroatoms. The molecule has 31 heavy (non-hydrogen) atoms. The summed E-state index contributed by atoms with van der Waals surface area (Å²) in [5.41, 5.74) is 3.83. The maximum absolute atomic E-state index is 12.4. The Morgan fingerprint density at radius 2 is 1.87 bits per heavy atom. The quantitative estimate of drug-likeness (QED) is 0.735. The molecule has 1 aromatic carbocycles. The fourth-order valence-corrected chi connectivity index (χ4v) is 5.85. The standard InChI is InChI=1S/C24H34N4O3/c1-16-5-3-6-17(2)22(16)15-31-21-11-18-8-9-19(12-21)27(18)13-20(29)14-28-24(30)26-10-4-7-23(26)25-28/h3,5-6,18-21,29H,4,7-15H2,1-2H3. The molecule has 3 aliphatic rings. The first-order chi connectivity index (χ1) is 15.0. The predicted molar refractivity (Wildman–Crippen MR) is 118 cm³/mol. The van der Waals surface area contributed by atoms with E-state index in [-0.39, 0.29) is 18.3 Å². The van der Waals surface area contributed by atoms with Crippen molar-refractivity contribution in [2.45, 2.75) is 96.4 Å². The minimum atomic E-state index is -0.580. The third-order valence-electron chi connectivity index (χ3n) is 7.54. The number of nitrogens with zero attached hydrogens (tertiary/aromatic N) is 4. The van der Waals surface area contributed by atoms with Crippen LogP contribution in [0.5, 0.6) is 0 Å². The van der Waals surface area contributed by atoms with Crippen LogP contribution in [0, 0.1) is 13.8 Å². The van der Waals surface area contributed by atoms with Gasteiger partial charge in [-0.3, -0.25) is 9.47 Å². The lowest BCUT2D eigenvalue weighted by Crippen LogP contribution is -2.49. The molecule has 0 spiro atoms. The van der Waals surface area contributed by atoms with Gasteiger partial charge in [0.2, 0.25) is 0 Å². The topological polar surface area (TPSA) is 72.5 Å². The van der Waals surface area contributed by atoms with E-state index in [2.05, 4.69) is 42.0 Å². The fraction of sp³-hybridized carbons (Fsp3) is 0.667. The van der Waals surface area contributed by atoms with Crippen molar-refractivity contribution in [3.63, 3.8) is 0 Å². The number of aliphatic hydroxyl groups is 1. The van der Waals surface area contributed by atoms with Crippen LogP contribution >= 0.6 is 0 Å². The second kappa shape index (κ2) is 8.52. The molecule has 0 radical (unpaired) electrons. The number of ether oxygens (including phenoxy) is 1. The molecule has 0 aliphatic carbocycles. The van der Waals surface area contributed by atoms with Gasteiger partial charge in [-0.25, -0.2) is 9.48 Å². The van der Waals surface area contributed by atoms with E-state index in [4.69, 9.17) is 4.74 Å². The first kappa shape index (κ1) is 20.9. The fourth-order valence-electron chi connectivity index (χ4n) is 5.85. The van der Waals surface area contributed by atoms with Gasteiger partial charge >= 0.3 is 5.69 Å². The van der Waals surface area contributed by atoms with Crippen molar-refractivity contribution >= 4 is 0 Å². The zero-order valence-corrected chi connectivity index (χ0v) is 18.7. The molecule has 2 bridgehead atoms. The van der Waals surface area contributed by atoms with Gasteiger partial charge in [-0.1, -0.05) is 18.2 Å². The van der Waals surface area contributed by atoms with Crippen LogP contribution in [0.3, 0.4) is 0 Å². The van der Waals surface area contributed by atoms with Crippen LogP contribution in [0.4, 0.5) is 0 Å². The molecule has 168 valence electrons. The third-order valence-corrected chi connectivity index (χ3v) is 7.54. The van der Waals surface area contributed by atoms with Gasteiger partial charge in [0.05, 0.1) is 25.4 Å². The van der Waals surface area contributed by atoms with Crippen molar-refractivity contribution in [2.24, 2.45) is 0 Å².